The Morgan fingerprint density at radius 2 is 1.94 bits per heavy atom. The van der Waals surface area contributed by atoms with Gasteiger partial charge in [0.05, 0.1) is 12.6 Å². The Morgan fingerprint density at radius 1 is 1.19 bits per heavy atom. The summed E-state index contributed by atoms with van der Waals surface area (Å²) in [4.78, 5) is 28.2. The highest BCUT2D eigenvalue weighted by Gasteiger charge is 2.36. The van der Waals surface area contributed by atoms with Crippen LogP contribution in [0.3, 0.4) is 0 Å². The Labute approximate surface area is 208 Å². The second-order valence-corrected chi connectivity index (χ2v) is 9.99. The molecule has 0 spiro atoms. The summed E-state index contributed by atoms with van der Waals surface area (Å²) in [7, 11) is 0. The molecule has 178 valence electrons. The van der Waals surface area contributed by atoms with Crippen molar-refractivity contribution in [3.05, 3.63) is 23.9 Å². The summed E-state index contributed by atoms with van der Waals surface area (Å²) < 4.78 is 5.52. The van der Waals surface area contributed by atoms with Crippen LogP contribution in [0.15, 0.2) is 23.3 Å². The zero-order valence-corrected chi connectivity index (χ0v) is 22.0. The number of nitrogens with zero attached hydrogens (tertiary/aromatic N) is 5. The molecular weight excluding hydrogens is 519 g/mol. The summed E-state index contributed by atoms with van der Waals surface area (Å²) in [5.74, 6) is 2.82. The van der Waals surface area contributed by atoms with Gasteiger partial charge in [0.1, 0.15) is 11.4 Å². The van der Waals surface area contributed by atoms with Crippen LogP contribution >= 0.6 is 24.0 Å². The van der Waals surface area contributed by atoms with Crippen molar-refractivity contribution in [1.82, 2.24) is 20.1 Å². The summed E-state index contributed by atoms with van der Waals surface area (Å²) in [5.41, 5.74) is 0.677. The third-order valence-electron chi connectivity index (χ3n) is 6.23. The summed E-state index contributed by atoms with van der Waals surface area (Å²) >= 11 is 0. The number of halogens is 1. The van der Waals surface area contributed by atoms with E-state index < -0.39 is 5.60 Å². The number of aromatic nitrogens is 1. The van der Waals surface area contributed by atoms with E-state index in [1.807, 2.05) is 27.0 Å². The van der Waals surface area contributed by atoms with Crippen molar-refractivity contribution < 1.29 is 9.53 Å². The average Bonchev–Trinajstić information content (AvgIpc) is 3.14. The smallest absolute Gasteiger partial charge is 0.410 e. The number of hydrogen-bond donors (Lipinski definition) is 1. The van der Waals surface area contributed by atoms with E-state index in [-0.39, 0.29) is 36.1 Å². The fourth-order valence-corrected chi connectivity index (χ4v) is 4.35. The zero-order chi connectivity index (χ0) is 22.0. The molecule has 4 heterocycles. The number of nitrogens with one attached hydrogen (secondary N) is 1. The van der Waals surface area contributed by atoms with Gasteiger partial charge in [0, 0.05) is 45.5 Å². The van der Waals surface area contributed by atoms with Gasteiger partial charge in [0.15, 0.2) is 5.96 Å². The van der Waals surface area contributed by atoms with E-state index in [2.05, 4.69) is 44.1 Å². The second-order valence-electron chi connectivity index (χ2n) is 9.99. The van der Waals surface area contributed by atoms with Crippen molar-refractivity contribution in [2.24, 2.45) is 10.9 Å². The predicted molar refractivity (Wildman–Crippen MR) is 138 cm³/mol. The van der Waals surface area contributed by atoms with Gasteiger partial charge in [-0.2, -0.15) is 0 Å². The topological polar surface area (TPSA) is 73.3 Å². The van der Waals surface area contributed by atoms with Crippen LogP contribution in [0, 0.1) is 5.92 Å². The number of piperazine rings is 1. The van der Waals surface area contributed by atoms with Crippen LogP contribution in [0.4, 0.5) is 10.6 Å². The lowest BCUT2D eigenvalue weighted by Crippen LogP contribution is -2.57. The first-order valence-electron chi connectivity index (χ1n) is 11.5. The van der Waals surface area contributed by atoms with E-state index in [0.717, 1.165) is 42.9 Å². The van der Waals surface area contributed by atoms with Gasteiger partial charge in [0.2, 0.25) is 0 Å². The maximum atomic E-state index is 12.4. The molecule has 0 bridgehead atoms. The quantitative estimate of drug-likeness (QED) is 0.577. The van der Waals surface area contributed by atoms with Crippen LogP contribution in [-0.4, -0.2) is 77.7 Å². The number of anilines is 1. The molecule has 1 amide bonds. The third kappa shape index (κ3) is 6.17. The number of ether oxygens (including phenoxy) is 1. The molecule has 0 aliphatic carbocycles. The lowest BCUT2D eigenvalue weighted by atomic mass is 9.99. The molecule has 32 heavy (non-hydrogen) atoms. The summed E-state index contributed by atoms with van der Waals surface area (Å²) in [6.45, 7) is 13.7. The van der Waals surface area contributed by atoms with Crippen LogP contribution in [0.25, 0.3) is 0 Å². The number of aliphatic imine (C=N–C) groups is 1. The lowest BCUT2D eigenvalue weighted by Gasteiger charge is -2.39. The minimum absolute atomic E-state index is 0. The molecule has 1 atom stereocenters. The molecule has 0 saturated carbocycles. The molecule has 9 heteroatoms. The molecule has 0 aromatic carbocycles. The summed E-state index contributed by atoms with van der Waals surface area (Å²) in [5, 5.41) is 3.47. The monoisotopic (exact) mass is 556 g/mol. The molecule has 1 N–H and O–H groups in total. The van der Waals surface area contributed by atoms with Crippen molar-refractivity contribution in [2.45, 2.75) is 58.7 Å². The maximum Gasteiger partial charge on any atom is 0.410 e. The van der Waals surface area contributed by atoms with E-state index in [4.69, 9.17) is 4.74 Å². The molecule has 2 fully saturated rings. The van der Waals surface area contributed by atoms with Gasteiger partial charge in [-0.25, -0.2) is 9.78 Å². The number of pyridine rings is 1. The predicted octanol–water partition coefficient (Wildman–Crippen LogP) is 3.32. The summed E-state index contributed by atoms with van der Waals surface area (Å²) in [6, 6.07) is 4.50. The Kier molecular flexibility index (Phi) is 8.11. The van der Waals surface area contributed by atoms with Crippen LogP contribution in [0.5, 0.6) is 0 Å². The first-order chi connectivity index (χ1) is 14.8. The van der Waals surface area contributed by atoms with Crippen molar-refractivity contribution in [3.63, 3.8) is 0 Å². The zero-order valence-electron chi connectivity index (χ0n) is 19.7. The van der Waals surface area contributed by atoms with Gasteiger partial charge in [-0.05, 0) is 51.2 Å². The Bertz CT molecular complexity index is 802. The third-order valence-corrected chi connectivity index (χ3v) is 6.23. The minimum Gasteiger partial charge on any atom is -0.444 e. The Balaban J connectivity index is 0.00000289. The molecule has 0 radical (unpaired) electrons. The SMILES string of the molecule is CC1CCN(c2ccc(CNC3=NCC4CN(C(=O)OC(C)(C)C)CCN34)cn2)CC1.I. The van der Waals surface area contributed by atoms with Crippen LogP contribution in [0.2, 0.25) is 0 Å². The molecule has 3 aliphatic heterocycles. The molecule has 1 unspecified atom stereocenters. The van der Waals surface area contributed by atoms with Crippen molar-refractivity contribution in [1.29, 1.82) is 0 Å². The van der Waals surface area contributed by atoms with Gasteiger partial charge >= 0.3 is 6.09 Å². The normalized spacial score (nSPS) is 21.6. The number of carbonyl (C=O) groups excluding carboxylic acids is 1. The van der Waals surface area contributed by atoms with E-state index in [1.54, 1.807) is 4.90 Å². The number of hydrogen-bond acceptors (Lipinski definition) is 7. The number of guanidine groups is 1. The maximum absolute atomic E-state index is 12.4. The van der Waals surface area contributed by atoms with Gasteiger partial charge in [-0.15, -0.1) is 24.0 Å². The van der Waals surface area contributed by atoms with E-state index in [9.17, 15) is 4.79 Å². The molecule has 4 rings (SSSR count). The van der Waals surface area contributed by atoms with Crippen LogP contribution < -0.4 is 10.2 Å². The Hall–Kier alpha value is -1.78. The molecule has 3 aliphatic rings. The van der Waals surface area contributed by atoms with Crippen LogP contribution in [-0.2, 0) is 11.3 Å². The fourth-order valence-electron chi connectivity index (χ4n) is 4.35. The number of amides is 1. The first-order valence-corrected chi connectivity index (χ1v) is 11.5. The minimum atomic E-state index is -0.469. The molecule has 1 aromatic rings. The van der Waals surface area contributed by atoms with Gasteiger partial charge in [-0.1, -0.05) is 13.0 Å². The first kappa shape index (κ1) is 24.9. The highest BCUT2D eigenvalue weighted by atomic mass is 127. The van der Waals surface area contributed by atoms with E-state index in [1.165, 1.54) is 12.8 Å². The van der Waals surface area contributed by atoms with Gasteiger partial charge < -0.3 is 24.8 Å². The number of fused-ring (bicyclic) bond motifs is 1. The molecule has 1 aromatic heterocycles. The largest absolute Gasteiger partial charge is 0.444 e. The van der Waals surface area contributed by atoms with Crippen LogP contribution in [0.1, 0.15) is 46.1 Å². The van der Waals surface area contributed by atoms with Gasteiger partial charge in [-0.3, -0.25) is 4.99 Å². The molecular formula is C23H37IN6O2. The van der Waals surface area contributed by atoms with Crippen molar-refractivity contribution in [2.75, 3.05) is 44.2 Å². The van der Waals surface area contributed by atoms with Crippen molar-refractivity contribution >= 4 is 41.8 Å². The highest BCUT2D eigenvalue weighted by Crippen LogP contribution is 2.22. The fraction of sp³-hybridized carbons (Fsp3) is 0.696. The standard InChI is InChI=1S/C23H36N6O2.HI/c1-17-7-9-27(10-8-17)20-6-5-18(13-24-20)14-25-21-26-15-19-16-28(11-12-29(19)21)22(30)31-23(2,3)4;/h5-6,13,17,19H,7-12,14-16H2,1-4H3,(H,25,26);1H. The highest BCUT2D eigenvalue weighted by molar-refractivity contribution is 14.0. The molecule has 8 nitrogen and oxygen atoms in total. The van der Waals surface area contributed by atoms with Crippen molar-refractivity contribution in [3.8, 4) is 0 Å². The Morgan fingerprint density at radius 3 is 2.59 bits per heavy atom. The number of piperidine rings is 1. The van der Waals surface area contributed by atoms with E-state index in [0.29, 0.717) is 26.2 Å². The number of rotatable bonds is 3. The molecule has 2 saturated heterocycles. The van der Waals surface area contributed by atoms with E-state index >= 15 is 0 Å². The second kappa shape index (κ2) is 10.4. The number of carbonyl (C=O) groups is 1. The van der Waals surface area contributed by atoms with Gasteiger partial charge in [0.25, 0.3) is 0 Å². The summed E-state index contributed by atoms with van der Waals surface area (Å²) in [6.07, 6.45) is 4.22. The lowest BCUT2D eigenvalue weighted by molar-refractivity contribution is 0.0137. The average molecular weight is 556 g/mol.